The molecule has 26 heavy (non-hydrogen) atoms. The first-order valence-electron chi connectivity index (χ1n) is 8.51. The molecule has 6 nitrogen and oxygen atoms in total. The van der Waals surface area contributed by atoms with Crippen LogP contribution in [0.25, 0.3) is 11.0 Å². The van der Waals surface area contributed by atoms with Crippen molar-refractivity contribution >= 4 is 38.5 Å². The number of hydrogen-bond acceptors (Lipinski definition) is 6. The van der Waals surface area contributed by atoms with E-state index in [-0.39, 0.29) is 10.9 Å². The van der Waals surface area contributed by atoms with Gasteiger partial charge in [0.15, 0.2) is 0 Å². The maximum absolute atomic E-state index is 13.2. The molecule has 1 fully saturated rings. The van der Waals surface area contributed by atoms with Gasteiger partial charge in [0.25, 0.3) is 0 Å². The van der Waals surface area contributed by atoms with E-state index in [0.717, 1.165) is 17.4 Å². The Kier molecular flexibility index (Phi) is 4.42. The van der Waals surface area contributed by atoms with Crippen molar-refractivity contribution in [1.29, 1.82) is 0 Å². The summed E-state index contributed by atoms with van der Waals surface area (Å²) in [6.45, 7) is 5.69. The molecule has 8 heteroatoms. The fraction of sp³-hybridized carbons (Fsp3) is 0.333. The van der Waals surface area contributed by atoms with E-state index in [2.05, 4.69) is 51.8 Å². The minimum absolute atomic E-state index is 0.0917. The highest BCUT2D eigenvalue weighted by Crippen LogP contribution is 2.28. The lowest BCUT2D eigenvalue weighted by Gasteiger charge is -2.40. The molecule has 0 bridgehead atoms. The number of anilines is 1. The van der Waals surface area contributed by atoms with E-state index in [1.54, 1.807) is 22.5 Å². The summed E-state index contributed by atoms with van der Waals surface area (Å²) in [4.78, 5) is 2.51. The fourth-order valence-corrected chi connectivity index (χ4v) is 5.66. The van der Waals surface area contributed by atoms with E-state index in [0.29, 0.717) is 30.7 Å². The summed E-state index contributed by atoms with van der Waals surface area (Å²) in [7, 11) is -3.59. The van der Waals surface area contributed by atoms with E-state index >= 15 is 0 Å². The van der Waals surface area contributed by atoms with Gasteiger partial charge in [0.05, 0.1) is 11.7 Å². The van der Waals surface area contributed by atoms with Crippen LogP contribution in [0.3, 0.4) is 0 Å². The first-order valence-corrected chi connectivity index (χ1v) is 10.7. The molecule has 0 amide bonds. The molecule has 2 aromatic carbocycles. The van der Waals surface area contributed by atoms with Gasteiger partial charge in [0.2, 0.25) is 10.0 Å². The second-order valence-corrected chi connectivity index (χ2v) is 9.06. The Morgan fingerprint density at radius 3 is 2.58 bits per heavy atom. The number of sulfonamides is 1. The lowest BCUT2D eigenvalue weighted by Crippen LogP contribution is -2.53. The van der Waals surface area contributed by atoms with E-state index < -0.39 is 10.0 Å². The van der Waals surface area contributed by atoms with Gasteiger partial charge in [-0.15, -0.1) is 0 Å². The molecule has 0 N–H and O–H groups in total. The molecule has 1 aliphatic rings. The quantitative estimate of drug-likeness (QED) is 0.690. The third-order valence-corrected chi connectivity index (χ3v) is 7.26. The van der Waals surface area contributed by atoms with Crippen LogP contribution in [0.15, 0.2) is 47.4 Å². The normalized spacial score (nSPS) is 19.2. The highest BCUT2D eigenvalue weighted by molar-refractivity contribution is 7.89. The van der Waals surface area contributed by atoms with Crippen molar-refractivity contribution in [3.8, 4) is 0 Å². The molecule has 136 valence electrons. The SMILES string of the molecule is Cc1ccc(N2CCN(S(=O)(=O)c3cccc4nsnc34)CC2C)cc1. The van der Waals surface area contributed by atoms with Crippen LogP contribution in [0.4, 0.5) is 5.69 Å². The number of piperazine rings is 1. The van der Waals surface area contributed by atoms with Gasteiger partial charge in [0, 0.05) is 31.4 Å². The first-order chi connectivity index (χ1) is 12.5. The van der Waals surface area contributed by atoms with Gasteiger partial charge in [-0.1, -0.05) is 23.8 Å². The fourth-order valence-electron chi connectivity index (χ4n) is 3.39. The third-order valence-electron chi connectivity index (χ3n) is 4.82. The van der Waals surface area contributed by atoms with Gasteiger partial charge in [-0.2, -0.15) is 13.1 Å². The number of benzene rings is 2. The molecule has 1 aliphatic heterocycles. The number of rotatable bonds is 3. The van der Waals surface area contributed by atoms with Crippen LogP contribution in [0, 0.1) is 6.92 Å². The maximum atomic E-state index is 13.2. The van der Waals surface area contributed by atoms with Crippen molar-refractivity contribution < 1.29 is 8.42 Å². The Labute approximate surface area is 157 Å². The van der Waals surface area contributed by atoms with Crippen LogP contribution in [-0.4, -0.2) is 47.1 Å². The molecule has 0 spiro atoms. The number of hydrogen-bond donors (Lipinski definition) is 0. The van der Waals surface area contributed by atoms with Crippen molar-refractivity contribution in [3.63, 3.8) is 0 Å². The molecule has 0 radical (unpaired) electrons. The second-order valence-electron chi connectivity index (χ2n) is 6.63. The van der Waals surface area contributed by atoms with Crippen LogP contribution in [0.2, 0.25) is 0 Å². The lowest BCUT2D eigenvalue weighted by molar-refractivity contribution is 0.343. The Hall–Kier alpha value is -2.03. The molecule has 3 aromatic rings. The van der Waals surface area contributed by atoms with Gasteiger partial charge >= 0.3 is 0 Å². The van der Waals surface area contributed by atoms with Gasteiger partial charge in [-0.05, 0) is 38.1 Å². The second kappa shape index (κ2) is 6.61. The molecule has 4 rings (SSSR count). The molecule has 2 heterocycles. The number of fused-ring (bicyclic) bond motifs is 1. The van der Waals surface area contributed by atoms with Crippen LogP contribution in [0.1, 0.15) is 12.5 Å². The summed E-state index contributed by atoms with van der Waals surface area (Å²) in [5.74, 6) is 0. The van der Waals surface area contributed by atoms with E-state index in [9.17, 15) is 8.42 Å². The molecule has 1 unspecified atom stereocenters. The zero-order valence-corrected chi connectivity index (χ0v) is 16.3. The average Bonchev–Trinajstić information content (AvgIpc) is 3.11. The van der Waals surface area contributed by atoms with Crippen LogP contribution in [-0.2, 0) is 10.0 Å². The number of nitrogens with zero attached hydrogens (tertiary/aromatic N) is 4. The molecule has 0 aliphatic carbocycles. The van der Waals surface area contributed by atoms with Gasteiger partial charge in [-0.3, -0.25) is 0 Å². The van der Waals surface area contributed by atoms with Crippen molar-refractivity contribution in [2.75, 3.05) is 24.5 Å². The largest absolute Gasteiger partial charge is 0.366 e. The zero-order chi connectivity index (χ0) is 18.3. The van der Waals surface area contributed by atoms with Crippen LogP contribution in [0.5, 0.6) is 0 Å². The monoisotopic (exact) mass is 388 g/mol. The van der Waals surface area contributed by atoms with E-state index in [1.165, 1.54) is 5.56 Å². The van der Waals surface area contributed by atoms with Crippen molar-refractivity contribution in [2.45, 2.75) is 24.8 Å². The highest BCUT2D eigenvalue weighted by atomic mass is 32.2. The Morgan fingerprint density at radius 2 is 1.85 bits per heavy atom. The zero-order valence-electron chi connectivity index (χ0n) is 14.7. The molecule has 1 aromatic heterocycles. The first kappa shape index (κ1) is 17.4. The van der Waals surface area contributed by atoms with E-state index in [1.807, 2.05) is 0 Å². The maximum Gasteiger partial charge on any atom is 0.245 e. The van der Waals surface area contributed by atoms with E-state index in [4.69, 9.17) is 0 Å². The molecule has 1 atom stereocenters. The van der Waals surface area contributed by atoms with Crippen LogP contribution >= 0.6 is 11.7 Å². The summed E-state index contributed by atoms with van der Waals surface area (Å²) in [5.41, 5.74) is 3.44. The smallest absolute Gasteiger partial charge is 0.245 e. The highest BCUT2D eigenvalue weighted by Gasteiger charge is 2.33. The lowest BCUT2D eigenvalue weighted by atomic mass is 10.1. The molecule has 0 saturated carbocycles. The molecular formula is C18H20N4O2S2. The van der Waals surface area contributed by atoms with Crippen molar-refractivity contribution in [1.82, 2.24) is 13.1 Å². The predicted molar refractivity (Wildman–Crippen MR) is 104 cm³/mol. The minimum atomic E-state index is -3.59. The summed E-state index contributed by atoms with van der Waals surface area (Å²) < 4.78 is 36.3. The van der Waals surface area contributed by atoms with Crippen molar-refractivity contribution in [2.24, 2.45) is 0 Å². The Balaban J connectivity index is 1.60. The number of aromatic nitrogens is 2. The predicted octanol–water partition coefficient (Wildman–Crippen LogP) is 2.90. The Morgan fingerprint density at radius 1 is 1.08 bits per heavy atom. The standard InChI is InChI=1S/C18H20N4O2S2/c1-13-6-8-15(9-7-13)22-11-10-21(12-14(22)2)26(23,24)17-5-3-4-16-18(17)20-25-19-16/h3-9,14H,10-12H2,1-2H3. The topological polar surface area (TPSA) is 66.4 Å². The summed E-state index contributed by atoms with van der Waals surface area (Å²) in [6, 6.07) is 13.6. The Bertz CT molecular complexity index is 1030. The minimum Gasteiger partial charge on any atom is -0.366 e. The third kappa shape index (κ3) is 2.98. The number of aryl methyl sites for hydroxylation is 1. The summed E-state index contributed by atoms with van der Waals surface area (Å²) >= 11 is 1.04. The summed E-state index contributed by atoms with van der Waals surface area (Å²) in [6.07, 6.45) is 0. The van der Waals surface area contributed by atoms with Crippen molar-refractivity contribution in [3.05, 3.63) is 48.0 Å². The van der Waals surface area contributed by atoms with Crippen LogP contribution < -0.4 is 4.90 Å². The molecule has 1 saturated heterocycles. The van der Waals surface area contributed by atoms with Gasteiger partial charge < -0.3 is 4.90 Å². The van der Waals surface area contributed by atoms with Gasteiger partial charge in [-0.25, -0.2) is 8.42 Å². The van der Waals surface area contributed by atoms with Gasteiger partial charge in [0.1, 0.15) is 15.9 Å². The average molecular weight is 389 g/mol. The summed E-state index contributed by atoms with van der Waals surface area (Å²) in [5, 5.41) is 0. The molecular weight excluding hydrogens is 368 g/mol.